The second-order valence-corrected chi connectivity index (χ2v) is 5.11. The summed E-state index contributed by atoms with van der Waals surface area (Å²) < 4.78 is 0. The molecule has 17 heavy (non-hydrogen) atoms. The van der Waals surface area contributed by atoms with E-state index in [1.54, 1.807) is 6.07 Å². The fourth-order valence-corrected chi connectivity index (χ4v) is 2.58. The quantitative estimate of drug-likeness (QED) is 0.869. The molecule has 0 aliphatic carbocycles. The van der Waals surface area contributed by atoms with Gasteiger partial charge < -0.3 is 15.7 Å². The molecule has 0 saturated carbocycles. The topological polar surface area (TPSA) is 62.4 Å². The van der Waals surface area contributed by atoms with Crippen molar-refractivity contribution in [3.05, 3.63) is 16.1 Å². The molecule has 2 heterocycles. The number of rotatable bonds is 2. The van der Waals surface area contributed by atoms with Gasteiger partial charge in [-0.1, -0.05) is 23.2 Å². The number of aromatic nitrogens is 1. The minimum atomic E-state index is 0.192. The fourth-order valence-electron chi connectivity index (χ4n) is 2.10. The summed E-state index contributed by atoms with van der Waals surface area (Å²) in [5.74, 6) is 1.22. The van der Waals surface area contributed by atoms with E-state index >= 15 is 0 Å². The van der Waals surface area contributed by atoms with Crippen molar-refractivity contribution in [3.63, 3.8) is 0 Å². The Balaban J connectivity index is 2.24. The lowest BCUT2D eigenvalue weighted by Crippen LogP contribution is -2.37. The maximum Gasteiger partial charge on any atom is 0.149 e. The molecule has 1 fully saturated rings. The molecule has 1 aromatic rings. The Labute approximate surface area is 110 Å². The zero-order chi connectivity index (χ0) is 12.4. The first-order valence-corrected chi connectivity index (χ1v) is 6.34. The van der Waals surface area contributed by atoms with Crippen LogP contribution in [0.3, 0.4) is 0 Å². The Morgan fingerprint density at radius 2 is 2.24 bits per heavy atom. The highest BCUT2D eigenvalue weighted by atomic mass is 35.5. The normalized spacial score (nSPS) is 20.6. The standard InChI is InChI=1S/C11H15Cl2N3O/c12-8-4-9(13)11(15-10(8)14)16-3-1-2-7(5-16)6-17/h4,7,17H,1-3,5-6H2,(H2,14,15). The van der Waals surface area contributed by atoms with Gasteiger partial charge in [0.25, 0.3) is 0 Å². The van der Waals surface area contributed by atoms with Crippen LogP contribution in [0, 0.1) is 5.92 Å². The fraction of sp³-hybridized carbons (Fsp3) is 0.545. The zero-order valence-corrected chi connectivity index (χ0v) is 10.9. The molecule has 1 unspecified atom stereocenters. The molecule has 0 bridgehead atoms. The minimum absolute atomic E-state index is 0.192. The highest BCUT2D eigenvalue weighted by molar-refractivity contribution is 6.37. The summed E-state index contributed by atoms with van der Waals surface area (Å²) in [4.78, 5) is 6.28. The lowest BCUT2D eigenvalue weighted by molar-refractivity contribution is 0.208. The molecule has 1 aliphatic rings. The molecule has 6 heteroatoms. The van der Waals surface area contributed by atoms with E-state index in [-0.39, 0.29) is 18.3 Å². The largest absolute Gasteiger partial charge is 0.396 e. The van der Waals surface area contributed by atoms with Crippen LogP contribution in [0.4, 0.5) is 11.6 Å². The number of nitrogens with two attached hydrogens (primary N) is 1. The Kier molecular flexibility index (Phi) is 3.97. The van der Waals surface area contributed by atoms with Crippen molar-refractivity contribution in [2.45, 2.75) is 12.8 Å². The predicted octanol–water partition coefficient (Wildman–Crippen LogP) is 2.18. The van der Waals surface area contributed by atoms with Gasteiger partial charge in [0.15, 0.2) is 0 Å². The number of hydrogen-bond donors (Lipinski definition) is 2. The first kappa shape index (κ1) is 12.7. The molecule has 1 aromatic heterocycles. The second kappa shape index (κ2) is 5.29. The van der Waals surface area contributed by atoms with E-state index in [2.05, 4.69) is 9.88 Å². The summed E-state index contributed by atoms with van der Waals surface area (Å²) >= 11 is 12.0. The van der Waals surface area contributed by atoms with Crippen molar-refractivity contribution in [1.82, 2.24) is 4.98 Å². The number of piperidine rings is 1. The van der Waals surface area contributed by atoms with E-state index in [1.807, 2.05) is 0 Å². The van der Waals surface area contributed by atoms with E-state index in [4.69, 9.17) is 28.9 Å². The highest BCUT2D eigenvalue weighted by Gasteiger charge is 2.22. The van der Waals surface area contributed by atoms with Crippen LogP contribution >= 0.6 is 23.2 Å². The molecule has 0 spiro atoms. The summed E-state index contributed by atoms with van der Waals surface area (Å²) in [6, 6.07) is 1.61. The number of nitrogen functional groups attached to an aromatic ring is 1. The second-order valence-electron chi connectivity index (χ2n) is 4.30. The number of aliphatic hydroxyl groups is 1. The smallest absolute Gasteiger partial charge is 0.149 e. The number of hydrogen-bond acceptors (Lipinski definition) is 4. The molecule has 3 N–H and O–H groups in total. The average Bonchev–Trinajstić information content (AvgIpc) is 2.34. The van der Waals surface area contributed by atoms with Gasteiger partial charge in [-0.15, -0.1) is 0 Å². The van der Waals surface area contributed by atoms with Gasteiger partial charge in [-0.05, 0) is 24.8 Å². The van der Waals surface area contributed by atoms with Crippen molar-refractivity contribution in [2.24, 2.45) is 5.92 Å². The molecule has 4 nitrogen and oxygen atoms in total. The Hall–Kier alpha value is -0.710. The monoisotopic (exact) mass is 275 g/mol. The summed E-state index contributed by atoms with van der Waals surface area (Å²) in [7, 11) is 0. The van der Waals surface area contributed by atoms with Crippen LogP contribution in [0.1, 0.15) is 12.8 Å². The molecule has 0 aromatic carbocycles. The van der Waals surface area contributed by atoms with Gasteiger partial charge in [-0.25, -0.2) is 4.98 Å². The lowest BCUT2D eigenvalue weighted by Gasteiger charge is -2.33. The third-order valence-corrected chi connectivity index (χ3v) is 3.60. The highest BCUT2D eigenvalue weighted by Crippen LogP contribution is 2.32. The van der Waals surface area contributed by atoms with Crippen molar-refractivity contribution in [2.75, 3.05) is 30.3 Å². The van der Waals surface area contributed by atoms with Crippen LogP contribution in [-0.2, 0) is 0 Å². The summed E-state index contributed by atoms with van der Waals surface area (Å²) in [6.07, 6.45) is 2.06. The summed E-state index contributed by atoms with van der Waals surface area (Å²) in [6.45, 7) is 1.83. The number of pyridine rings is 1. The third kappa shape index (κ3) is 2.76. The third-order valence-electron chi connectivity index (χ3n) is 3.01. The van der Waals surface area contributed by atoms with Crippen LogP contribution < -0.4 is 10.6 Å². The van der Waals surface area contributed by atoms with E-state index in [0.29, 0.717) is 15.9 Å². The van der Waals surface area contributed by atoms with E-state index in [0.717, 1.165) is 25.9 Å². The van der Waals surface area contributed by atoms with Crippen LogP contribution in [0.2, 0.25) is 10.0 Å². The van der Waals surface area contributed by atoms with Gasteiger partial charge in [0.05, 0.1) is 10.0 Å². The van der Waals surface area contributed by atoms with E-state index < -0.39 is 0 Å². The first-order valence-electron chi connectivity index (χ1n) is 5.59. The molecular formula is C11H15Cl2N3O. The van der Waals surface area contributed by atoms with Crippen LogP contribution in [0.5, 0.6) is 0 Å². The van der Waals surface area contributed by atoms with Crippen LogP contribution in [0.15, 0.2) is 6.07 Å². The molecule has 1 atom stereocenters. The number of anilines is 2. The molecular weight excluding hydrogens is 261 g/mol. The van der Waals surface area contributed by atoms with Gasteiger partial charge in [0.2, 0.25) is 0 Å². The Bertz CT molecular complexity index is 414. The number of nitrogens with zero attached hydrogens (tertiary/aromatic N) is 2. The van der Waals surface area contributed by atoms with Gasteiger partial charge >= 0.3 is 0 Å². The number of halogens is 2. The molecule has 0 radical (unpaired) electrons. The molecule has 1 saturated heterocycles. The van der Waals surface area contributed by atoms with Crippen molar-refractivity contribution in [3.8, 4) is 0 Å². The van der Waals surface area contributed by atoms with E-state index in [1.165, 1.54) is 0 Å². The van der Waals surface area contributed by atoms with Crippen LogP contribution in [0.25, 0.3) is 0 Å². The molecule has 0 amide bonds. The zero-order valence-electron chi connectivity index (χ0n) is 9.37. The van der Waals surface area contributed by atoms with E-state index in [9.17, 15) is 5.11 Å². The predicted molar refractivity (Wildman–Crippen MR) is 70.7 cm³/mol. The first-order chi connectivity index (χ1) is 8.11. The Morgan fingerprint density at radius 1 is 1.47 bits per heavy atom. The average molecular weight is 276 g/mol. The van der Waals surface area contributed by atoms with Gasteiger partial charge in [0.1, 0.15) is 11.6 Å². The summed E-state index contributed by atoms with van der Waals surface area (Å²) in [5, 5.41) is 10.1. The van der Waals surface area contributed by atoms with Crippen molar-refractivity contribution >= 4 is 34.8 Å². The van der Waals surface area contributed by atoms with Gasteiger partial charge in [0, 0.05) is 19.7 Å². The lowest BCUT2D eigenvalue weighted by atomic mass is 9.99. The molecule has 2 rings (SSSR count). The van der Waals surface area contributed by atoms with Crippen molar-refractivity contribution < 1.29 is 5.11 Å². The SMILES string of the molecule is Nc1nc(N2CCCC(CO)C2)c(Cl)cc1Cl. The number of aliphatic hydroxyl groups excluding tert-OH is 1. The molecule has 94 valence electrons. The maximum absolute atomic E-state index is 9.20. The summed E-state index contributed by atoms with van der Waals surface area (Å²) in [5.41, 5.74) is 5.69. The van der Waals surface area contributed by atoms with Crippen molar-refractivity contribution in [1.29, 1.82) is 0 Å². The van der Waals surface area contributed by atoms with Crippen LogP contribution in [-0.4, -0.2) is 29.8 Å². The minimum Gasteiger partial charge on any atom is -0.396 e. The maximum atomic E-state index is 9.20. The Morgan fingerprint density at radius 3 is 2.94 bits per heavy atom. The van der Waals surface area contributed by atoms with Gasteiger partial charge in [-0.2, -0.15) is 0 Å². The van der Waals surface area contributed by atoms with Gasteiger partial charge in [-0.3, -0.25) is 0 Å². The molecule has 1 aliphatic heterocycles.